The van der Waals surface area contributed by atoms with Gasteiger partial charge >= 0.3 is 0 Å². The molecule has 1 N–H and O–H groups in total. The van der Waals surface area contributed by atoms with Gasteiger partial charge in [-0.05, 0) is 49.9 Å². The number of amides is 1. The zero-order chi connectivity index (χ0) is 20.1. The van der Waals surface area contributed by atoms with E-state index in [0.717, 1.165) is 38.5 Å². The third-order valence-electron chi connectivity index (χ3n) is 5.73. The van der Waals surface area contributed by atoms with Crippen molar-refractivity contribution < 1.29 is 23.1 Å². The van der Waals surface area contributed by atoms with E-state index in [1.807, 2.05) is 0 Å². The third kappa shape index (κ3) is 4.72. The number of anilines is 1. The van der Waals surface area contributed by atoms with E-state index in [9.17, 15) is 23.1 Å². The Kier molecular flexibility index (Phi) is 6.72. The Morgan fingerprint density at radius 1 is 0.893 bits per heavy atom. The summed E-state index contributed by atoms with van der Waals surface area (Å²) >= 11 is 0. The first-order chi connectivity index (χ1) is 13.4. The fourth-order valence-electron chi connectivity index (χ4n) is 4.10. The maximum Gasteiger partial charge on any atom is 0.243 e. The van der Waals surface area contributed by atoms with Crippen LogP contribution in [0.4, 0.5) is 5.69 Å². The quantitative estimate of drug-likeness (QED) is 0.800. The van der Waals surface area contributed by atoms with Crippen molar-refractivity contribution in [2.75, 3.05) is 18.4 Å². The number of carboxylic acids is 1. The minimum absolute atomic E-state index is 0.206. The van der Waals surface area contributed by atoms with Crippen molar-refractivity contribution in [2.24, 2.45) is 11.8 Å². The lowest BCUT2D eigenvalue weighted by Crippen LogP contribution is -2.42. The number of carbonyl (C=O) groups excluding carboxylic acids is 2. The Labute approximate surface area is 166 Å². The van der Waals surface area contributed by atoms with Gasteiger partial charge < -0.3 is 15.2 Å². The molecule has 1 aliphatic carbocycles. The van der Waals surface area contributed by atoms with Gasteiger partial charge in [-0.25, -0.2) is 8.42 Å². The number of aliphatic carboxylic acids is 1. The SMILES string of the molecule is O=C(Nc1ccc(S(=O)(=O)N2CCCCCC2)cc1)[C@H]1CCCC[C@H]1C(=O)[O-]. The van der Waals surface area contributed by atoms with Gasteiger partial charge in [0.15, 0.2) is 0 Å². The molecule has 28 heavy (non-hydrogen) atoms. The highest BCUT2D eigenvalue weighted by molar-refractivity contribution is 7.89. The highest BCUT2D eigenvalue weighted by Gasteiger charge is 2.32. The lowest BCUT2D eigenvalue weighted by Gasteiger charge is -2.31. The molecule has 7 nitrogen and oxygen atoms in total. The van der Waals surface area contributed by atoms with Crippen LogP contribution in [0.3, 0.4) is 0 Å². The molecule has 2 atom stereocenters. The number of nitrogens with one attached hydrogen (secondary N) is 1. The minimum atomic E-state index is -3.54. The smallest absolute Gasteiger partial charge is 0.243 e. The van der Waals surface area contributed by atoms with Crippen LogP contribution in [0.25, 0.3) is 0 Å². The maximum absolute atomic E-state index is 12.8. The van der Waals surface area contributed by atoms with Gasteiger partial charge in [0.05, 0.1) is 4.90 Å². The molecule has 1 saturated carbocycles. The molecule has 1 aromatic carbocycles. The fraction of sp³-hybridized carbons (Fsp3) is 0.600. The molecular formula is C20H27N2O5S-. The van der Waals surface area contributed by atoms with Gasteiger partial charge in [-0.2, -0.15) is 4.31 Å². The molecule has 2 fully saturated rings. The van der Waals surface area contributed by atoms with E-state index in [1.165, 1.54) is 16.4 Å². The fourth-order valence-corrected chi connectivity index (χ4v) is 5.62. The van der Waals surface area contributed by atoms with Crippen LogP contribution >= 0.6 is 0 Å². The lowest BCUT2D eigenvalue weighted by atomic mass is 9.78. The molecule has 154 valence electrons. The Bertz CT molecular complexity index is 798. The van der Waals surface area contributed by atoms with E-state index in [2.05, 4.69) is 5.32 Å². The summed E-state index contributed by atoms with van der Waals surface area (Å²) in [4.78, 5) is 24.0. The minimum Gasteiger partial charge on any atom is -0.550 e. The molecule has 1 aromatic rings. The average Bonchev–Trinajstić information content (AvgIpc) is 2.98. The van der Waals surface area contributed by atoms with Crippen LogP contribution in [0.5, 0.6) is 0 Å². The summed E-state index contributed by atoms with van der Waals surface area (Å²) in [5.74, 6) is -2.91. The summed E-state index contributed by atoms with van der Waals surface area (Å²) in [6, 6.07) is 6.10. The second-order valence-electron chi connectivity index (χ2n) is 7.65. The van der Waals surface area contributed by atoms with Gasteiger partial charge in [0.25, 0.3) is 0 Å². The second kappa shape index (κ2) is 9.05. The first-order valence-corrected chi connectivity index (χ1v) is 11.5. The van der Waals surface area contributed by atoms with E-state index < -0.39 is 27.8 Å². The lowest BCUT2D eigenvalue weighted by molar-refractivity contribution is -0.313. The van der Waals surface area contributed by atoms with Crippen molar-refractivity contribution in [3.05, 3.63) is 24.3 Å². The highest BCUT2D eigenvalue weighted by atomic mass is 32.2. The zero-order valence-electron chi connectivity index (χ0n) is 15.9. The third-order valence-corrected chi connectivity index (χ3v) is 7.64. The summed E-state index contributed by atoms with van der Waals surface area (Å²) in [6.07, 6.45) is 6.40. The molecule has 1 amide bonds. The van der Waals surface area contributed by atoms with Crippen LogP contribution in [0.2, 0.25) is 0 Å². The molecule has 3 rings (SSSR count). The summed E-state index contributed by atoms with van der Waals surface area (Å²) in [7, 11) is -3.54. The molecule has 0 unspecified atom stereocenters. The first-order valence-electron chi connectivity index (χ1n) is 10.0. The van der Waals surface area contributed by atoms with Gasteiger partial charge in [-0.15, -0.1) is 0 Å². The van der Waals surface area contributed by atoms with Crippen LogP contribution in [0.1, 0.15) is 51.4 Å². The Morgan fingerprint density at radius 3 is 2.04 bits per heavy atom. The number of carbonyl (C=O) groups is 2. The molecule has 1 saturated heterocycles. The zero-order valence-corrected chi connectivity index (χ0v) is 16.7. The van der Waals surface area contributed by atoms with Crippen molar-refractivity contribution in [1.82, 2.24) is 4.31 Å². The monoisotopic (exact) mass is 407 g/mol. The molecular weight excluding hydrogens is 380 g/mol. The summed E-state index contributed by atoms with van der Waals surface area (Å²) < 4.78 is 27.1. The Balaban J connectivity index is 1.68. The van der Waals surface area contributed by atoms with Crippen LogP contribution in [-0.2, 0) is 19.6 Å². The molecule has 0 bridgehead atoms. The second-order valence-corrected chi connectivity index (χ2v) is 9.59. The van der Waals surface area contributed by atoms with Crippen LogP contribution in [0, 0.1) is 11.8 Å². The Hall–Kier alpha value is -1.93. The van der Waals surface area contributed by atoms with Crippen molar-refractivity contribution in [1.29, 1.82) is 0 Å². The predicted molar refractivity (Wildman–Crippen MR) is 103 cm³/mol. The highest BCUT2D eigenvalue weighted by Crippen LogP contribution is 2.31. The molecule has 8 heteroatoms. The number of hydrogen-bond acceptors (Lipinski definition) is 5. The molecule has 0 spiro atoms. The van der Waals surface area contributed by atoms with Crippen molar-refractivity contribution >= 4 is 27.6 Å². The molecule has 2 aliphatic rings. The molecule has 1 heterocycles. The van der Waals surface area contributed by atoms with Gasteiger partial charge in [0.2, 0.25) is 15.9 Å². The van der Waals surface area contributed by atoms with Gasteiger partial charge in [-0.3, -0.25) is 4.79 Å². The standard InChI is InChI=1S/C20H28N2O5S/c23-19(17-7-3-4-8-18(17)20(24)25)21-15-9-11-16(12-10-15)28(26,27)22-13-5-1-2-6-14-22/h9-12,17-18H,1-8,13-14H2,(H,21,23)(H,24,25)/p-1/t17-,18+/m0/s1. The number of carboxylic acid groups (broad SMARTS) is 1. The van der Waals surface area contributed by atoms with Crippen molar-refractivity contribution in [3.8, 4) is 0 Å². The van der Waals surface area contributed by atoms with Gasteiger partial charge in [0, 0.05) is 36.6 Å². The van der Waals surface area contributed by atoms with E-state index in [1.54, 1.807) is 12.1 Å². The van der Waals surface area contributed by atoms with Gasteiger partial charge in [0.1, 0.15) is 0 Å². The molecule has 0 radical (unpaired) electrons. The largest absolute Gasteiger partial charge is 0.550 e. The summed E-state index contributed by atoms with van der Waals surface area (Å²) in [5, 5.41) is 14.0. The van der Waals surface area contributed by atoms with Crippen LogP contribution in [-0.4, -0.2) is 37.7 Å². The predicted octanol–water partition coefficient (Wildman–Crippen LogP) is 1.75. The maximum atomic E-state index is 12.8. The van der Waals surface area contributed by atoms with Gasteiger partial charge in [-0.1, -0.05) is 25.7 Å². The van der Waals surface area contributed by atoms with Crippen LogP contribution in [0.15, 0.2) is 29.2 Å². The van der Waals surface area contributed by atoms with Crippen molar-refractivity contribution in [3.63, 3.8) is 0 Å². The molecule has 0 aromatic heterocycles. The topological polar surface area (TPSA) is 107 Å². The number of rotatable bonds is 5. The van der Waals surface area contributed by atoms with E-state index >= 15 is 0 Å². The number of nitrogens with zero attached hydrogens (tertiary/aromatic N) is 1. The average molecular weight is 408 g/mol. The Morgan fingerprint density at radius 2 is 1.46 bits per heavy atom. The van der Waals surface area contributed by atoms with E-state index in [4.69, 9.17) is 0 Å². The summed E-state index contributed by atoms with van der Waals surface area (Å²) in [5.41, 5.74) is 0.461. The number of hydrogen-bond donors (Lipinski definition) is 1. The number of sulfonamides is 1. The normalized spacial score (nSPS) is 24.3. The first kappa shape index (κ1) is 20.8. The van der Waals surface area contributed by atoms with E-state index in [0.29, 0.717) is 31.6 Å². The van der Waals surface area contributed by atoms with Crippen molar-refractivity contribution in [2.45, 2.75) is 56.3 Å². The van der Waals surface area contributed by atoms with E-state index in [-0.39, 0.29) is 10.8 Å². The van der Waals surface area contributed by atoms with Crippen LogP contribution < -0.4 is 10.4 Å². The molecule has 1 aliphatic heterocycles. The summed E-state index contributed by atoms with van der Waals surface area (Å²) in [6.45, 7) is 1.07. The number of benzene rings is 1.